The summed E-state index contributed by atoms with van der Waals surface area (Å²) in [5.41, 5.74) is 0. The molecule has 0 aromatic carbocycles. The van der Waals surface area contributed by atoms with Gasteiger partial charge in [0.1, 0.15) is 5.82 Å². The zero-order valence-electron chi connectivity index (χ0n) is 4.43. The van der Waals surface area contributed by atoms with E-state index in [2.05, 4.69) is 31.5 Å². The molecule has 8 heavy (non-hydrogen) atoms. The molecule has 0 saturated heterocycles. The summed E-state index contributed by atoms with van der Waals surface area (Å²) in [6.07, 6.45) is 1.75. The van der Waals surface area contributed by atoms with Gasteiger partial charge in [-0.3, -0.25) is 4.68 Å². The summed E-state index contributed by atoms with van der Waals surface area (Å²) in [5, 5.41) is 3.94. The van der Waals surface area contributed by atoms with Crippen molar-refractivity contribution in [3.63, 3.8) is 0 Å². The van der Waals surface area contributed by atoms with E-state index in [4.69, 9.17) is 0 Å². The molecule has 1 rings (SSSR count). The van der Waals surface area contributed by atoms with Crippen LogP contribution in [-0.2, 0) is 7.05 Å². The van der Waals surface area contributed by atoms with Crippen molar-refractivity contribution in [2.45, 2.75) is 0 Å². The van der Waals surface area contributed by atoms with Gasteiger partial charge in [-0.1, -0.05) is 0 Å². The third-order valence-electron chi connectivity index (χ3n) is 0.918. The van der Waals surface area contributed by atoms with E-state index in [0.717, 1.165) is 5.82 Å². The zero-order valence-corrected chi connectivity index (χ0v) is 6.58. The van der Waals surface area contributed by atoms with Crippen molar-refractivity contribution in [1.82, 2.24) is 9.78 Å². The highest BCUT2D eigenvalue weighted by Crippen LogP contribution is 2.04. The minimum Gasteiger partial charge on any atom is -0.313 e. The molecule has 0 fully saturated rings. The first-order chi connectivity index (χ1) is 3.84. The van der Waals surface area contributed by atoms with Crippen LogP contribution in [0.3, 0.4) is 0 Å². The van der Waals surface area contributed by atoms with Crippen LogP contribution in [0.5, 0.6) is 0 Å². The first-order valence-corrected chi connectivity index (χ1v) is 3.27. The predicted octanol–water partition coefficient (Wildman–Crippen LogP) is 1.18. The fraction of sp³-hybridized carbons (Fsp3) is 0.250. The first kappa shape index (κ1) is 5.87. The second-order valence-corrected chi connectivity index (χ2v) is 1.97. The van der Waals surface area contributed by atoms with Crippen LogP contribution in [-0.4, -0.2) is 9.78 Å². The summed E-state index contributed by atoms with van der Waals surface area (Å²) < 4.78 is 4.72. The van der Waals surface area contributed by atoms with Gasteiger partial charge in [0.05, 0.1) is 29.1 Å². The molecule has 0 aliphatic rings. The average molecular weight is 223 g/mol. The van der Waals surface area contributed by atoms with Crippen LogP contribution < -0.4 is 3.53 Å². The van der Waals surface area contributed by atoms with Crippen molar-refractivity contribution in [2.24, 2.45) is 7.05 Å². The molecule has 4 heteroatoms. The van der Waals surface area contributed by atoms with Gasteiger partial charge in [-0.2, -0.15) is 5.10 Å². The highest BCUT2D eigenvalue weighted by Gasteiger charge is 1.90. The van der Waals surface area contributed by atoms with Crippen molar-refractivity contribution in [3.05, 3.63) is 12.3 Å². The Morgan fingerprint density at radius 1 is 1.88 bits per heavy atom. The minimum atomic E-state index is 1.02. The molecule has 1 aromatic heterocycles. The summed E-state index contributed by atoms with van der Waals surface area (Å²) in [4.78, 5) is 0. The molecular weight excluding hydrogens is 217 g/mol. The molecule has 0 saturated carbocycles. The summed E-state index contributed by atoms with van der Waals surface area (Å²) >= 11 is 2.06. The molecule has 1 aromatic rings. The number of anilines is 1. The van der Waals surface area contributed by atoms with E-state index in [0.29, 0.717) is 0 Å². The Balaban J connectivity index is 2.92. The maximum Gasteiger partial charge on any atom is 0.132 e. The largest absolute Gasteiger partial charge is 0.313 e. The third-order valence-corrected chi connectivity index (χ3v) is 1.47. The number of nitrogens with one attached hydrogen (secondary N) is 1. The maximum atomic E-state index is 3.94. The molecule has 3 nitrogen and oxygen atoms in total. The Kier molecular flexibility index (Phi) is 1.72. The third kappa shape index (κ3) is 0.936. The average Bonchev–Trinajstić information content (AvgIpc) is 2.14. The topological polar surface area (TPSA) is 29.9 Å². The molecular formula is C4H6IN3. The van der Waals surface area contributed by atoms with E-state index in [-0.39, 0.29) is 0 Å². The van der Waals surface area contributed by atoms with Gasteiger partial charge in [0, 0.05) is 13.1 Å². The fourth-order valence-corrected chi connectivity index (χ4v) is 0.996. The van der Waals surface area contributed by atoms with Crippen LogP contribution in [0.15, 0.2) is 12.3 Å². The van der Waals surface area contributed by atoms with Crippen molar-refractivity contribution in [2.75, 3.05) is 3.53 Å². The number of halogens is 1. The first-order valence-electron chi connectivity index (χ1n) is 2.19. The Labute approximate surface area is 61.6 Å². The molecule has 0 unspecified atom stereocenters. The lowest BCUT2D eigenvalue weighted by atomic mass is 10.7. The Morgan fingerprint density at radius 2 is 2.62 bits per heavy atom. The molecule has 0 aliphatic carbocycles. The molecule has 0 amide bonds. The zero-order chi connectivity index (χ0) is 5.98. The SMILES string of the molecule is Cn1nccc1NI. The van der Waals surface area contributed by atoms with Crippen LogP contribution in [0.25, 0.3) is 0 Å². The van der Waals surface area contributed by atoms with E-state index >= 15 is 0 Å². The normalized spacial score (nSPS) is 9.25. The van der Waals surface area contributed by atoms with Crippen molar-refractivity contribution in [1.29, 1.82) is 0 Å². The number of rotatable bonds is 1. The van der Waals surface area contributed by atoms with Crippen molar-refractivity contribution < 1.29 is 0 Å². The summed E-state index contributed by atoms with van der Waals surface area (Å²) in [6, 6.07) is 1.91. The monoisotopic (exact) mass is 223 g/mol. The number of hydrogen-bond acceptors (Lipinski definition) is 2. The van der Waals surface area contributed by atoms with Gasteiger partial charge in [-0.25, -0.2) is 0 Å². The molecule has 1 heterocycles. The number of aromatic nitrogens is 2. The second-order valence-electron chi connectivity index (χ2n) is 1.43. The van der Waals surface area contributed by atoms with Crippen LogP contribution in [0.2, 0.25) is 0 Å². The van der Waals surface area contributed by atoms with Crippen LogP contribution in [0.1, 0.15) is 0 Å². The van der Waals surface area contributed by atoms with Gasteiger partial charge in [-0.15, -0.1) is 0 Å². The quantitative estimate of drug-likeness (QED) is 0.572. The number of aryl methyl sites for hydroxylation is 1. The molecule has 0 bridgehead atoms. The van der Waals surface area contributed by atoms with E-state index in [1.165, 1.54) is 0 Å². The van der Waals surface area contributed by atoms with Gasteiger partial charge in [0.25, 0.3) is 0 Å². The fourth-order valence-electron chi connectivity index (χ4n) is 0.467. The van der Waals surface area contributed by atoms with Crippen LogP contribution >= 0.6 is 22.9 Å². The van der Waals surface area contributed by atoms with E-state index in [1.54, 1.807) is 10.9 Å². The van der Waals surface area contributed by atoms with E-state index in [1.807, 2.05) is 13.1 Å². The highest BCUT2D eigenvalue weighted by molar-refractivity contribution is 14.1. The lowest BCUT2D eigenvalue weighted by molar-refractivity contribution is 0.780. The van der Waals surface area contributed by atoms with Crippen LogP contribution in [0.4, 0.5) is 5.82 Å². The van der Waals surface area contributed by atoms with Gasteiger partial charge in [0.15, 0.2) is 0 Å². The molecule has 0 radical (unpaired) electrons. The van der Waals surface area contributed by atoms with Gasteiger partial charge in [0.2, 0.25) is 0 Å². The number of hydrogen-bond donors (Lipinski definition) is 1. The standard InChI is InChI=1S/C4H6IN3/c1-8-4(7-5)2-3-6-8/h2-3,7H,1H3. The Hall–Kier alpha value is -0.260. The van der Waals surface area contributed by atoms with Crippen LogP contribution in [0, 0.1) is 0 Å². The van der Waals surface area contributed by atoms with Gasteiger partial charge >= 0.3 is 0 Å². The summed E-state index contributed by atoms with van der Waals surface area (Å²) in [7, 11) is 1.89. The van der Waals surface area contributed by atoms with Crippen molar-refractivity contribution >= 4 is 28.7 Å². The van der Waals surface area contributed by atoms with E-state index < -0.39 is 0 Å². The predicted molar refractivity (Wildman–Crippen MR) is 40.9 cm³/mol. The van der Waals surface area contributed by atoms with Gasteiger partial charge < -0.3 is 3.53 Å². The highest BCUT2D eigenvalue weighted by atomic mass is 127. The smallest absolute Gasteiger partial charge is 0.132 e. The molecule has 44 valence electrons. The lowest BCUT2D eigenvalue weighted by Gasteiger charge is -1.94. The van der Waals surface area contributed by atoms with Crippen molar-refractivity contribution in [3.8, 4) is 0 Å². The lowest BCUT2D eigenvalue weighted by Crippen LogP contribution is -1.92. The summed E-state index contributed by atoms with van der Waals surface area (Å²) in [5.74, 6) is 1.02. The second kappa shape index (κ2) is 2.34. The Bertz CT molecular complexity index is 172. The minimum absolute atomic E-state index is 1.02. The molecule has 0 spiro atoms. The van der Waals surface area contributed by atoms with Gasteiger partial charge in [-0.05, 0) is 0 Å². The molecule has 0 aliphatic heterocycles. The summed E-state index contributed by atoms with van der Waals surface area (Å²) in [6.45, 7) is 0. The Morgan fingerprint density at radius 3 is 2.88 bits per heavy atom. The molecule has 0 atom stereocenters. The number of nitrogens with zero attached hydrogens (tertiary/aromatic N) is 2. The maximum absolute atomic E-state index is 3.94. The van der Waals surface area contributed by atoms with E-state index in [9.17, 15) is 0 Å². The molecule has 1 N–H and O–H groups in total.